The number of anilines is 1. The Balaban J connectivity index is 1.62. The number of H-pyrrole nitrogens is 1. The van der Waals surface area contributed by atoms with Crippen LogP contribution in [0.2, 0.25) is 0 Å². The Bertz CT molecular complexity index is 975. The van der Waals surface area contributed by atoms with Gasteiger partial charge in [-0.25, -0.2) is 4.98 Å². The number of carbonyl (C=O) groups excluding carboxylic acids is 2. The van der Waals surface area contributed by atoms with E-state index >= 15 is 0 Å². The first-order valence-corrected chi connectivity index (χ1v) is 9.16. The first-order valence-electron chi connectivity index (χ1n) is 9.16. The summed E-state index contributed by atoms with van der Waals surface area (Å²) in [6, 6.07) is 15.0. The number of hydrogen-bond donors (Lipinski definition) is 3. The van der Waals surface area contributed by atoms with E-state index in [-0.39, 0.29) is 30.2 Å². The molecule has 2 amide bonds. The Morgan fingerprint density at radius 1 is 1.15 bits per heavy atom. The van der Waals surface area contributed by atoms with E-state index in [0.717, 1.165) is 22.4 Å². The van der Waals surface area contributed by atoms with Crippen LogP contribution in [0.25, 0.3) is 11.0 Å². The molecule has 1 aliphatic heterocycles. The summed E-state index contributed by atoms with van der Waals surface area (Å²) in [7, 11) is 0. The smallest absolute Gasteiger partial charge is 0.228 e. The Labute approximate surface area is 157 Å². The highest BCUT2D eigenvalue weighted by Gasteiger charge is 2.33. The Morgan fingerprint density at radius 3 is 2.67 bits per heavy atom. The van der Waals surface area contributed by atoms with E-state index < -0.39 is 5.92 Å². The van der Waals surface area contributed by atoms with Gasteiger partial charge in [0.05, 0.1) is 23.0 Å². The van der Waals surface area contributed by atoms with Crippen LogP contribution in [-0.4, -0.2) is 21.8 Å². The maximum atomic E-state index is 13.1. The van der Waals surface area contributed by atoms with E-state index in [9.17, 15) is 9.59 Å². The molecule has 1 unspecified atom stereocenters. The fraction of sp³-hybridized carbons (Fsp3) is 0.286. The fourth-order valence-electron chi connectivity index (χ4n) is 3.57. The molecule has 0 spiro atoms. The number of para-hydroxylation sites is 3. The van der Waals surface area contributed by atoms with Crippen molar-refractivity contribution in [3.05, 3.63) is 59.9 Å². The van der Waals surface area contributed by atoms with Crippen molar-refractivity contribution in [2.45, 2.75) is 32.2 Å². The molecule has 2 aromatic carbocycles. The summed E-state index contributed by atoms with van der Waals surface area (Å²) >= 11 is 0. The molecule has 0 radical (unpaired) electrons. The zero-order chi connectivity index (χ0) is 19.0. The normalized spacial score (nSPS) is 17.4. The molecule has 27 heavy (non-hydrogen) atoms. The lowest BCUT2D eigenvalue weighted by Crippen LogP contribution is -2.39. The third-order valence-electron chi connectivity index (χ3n) is 4.98. The molecule has 0 saturated carbocycles. The Kier molecular flexibility index (Phi) is 4.39. The van der Waals surface area contributed by atoms with E-state index in [4.69, 9.17) is 0 Å². The van der Waals surface area contributed by atoms with Gasteiger partial charge in [0.25, 0.3) is 0 Å². The number of rotatable bonds is 4. The summed E-state index contributed by atoms with van der Waals surface area (Å²) in [6.07, 6.45) is 0.147. The van der Waals surface area contributed by atoms with E-state index in [2.05, 4.69) is 20.6 Å². The molecular formula is C21H22N4O2. The van der Waals surface area contributed by atoms with Gasteiger partial charge in [-0.1, -0.05) is 44.2 Å². The van der Waals surface area contributed by atoms with Crippen molar-refractivity contribution in [1.29, 1.82) is 0 Å². The maximum absolute atomic E-state index is 13.1. The van der Waals surface area contributed by atoms with Gasteiger partial charge in [-0.2, -0.15) is 0 Å². The monoisotopic (exact) mass is 362 g/mol. The molecule has 4 rings (SSSR count). The van der Waals surface area contributed by atoms with E-state index in [0.29, 0.717) is 5.69 Å². The number of nitrogens with zero attached hydrogens (tertiary/aromatic N) is 1. The van der Waals surface area contributed by atoms with Gasteiger partial charge in [0.2, 0.25) is 11.8 Å². The predicted molar refractivity (Wildman–Crippen MR) is 104 cm³/mol. The van der Waals surface area contributed by atoms with Crippen molar-refractivity contribution in [3.63, 3.8) is 0 Å². The number of carbonyl (C=O) groups is 2. The second-order valence-corrected chi connectivity index (χ2v) is 7.26. The number of imidazole rings is 1. The lowest BCUT2D eigenvalue weighted by molar-refractivity contribution is -0.127. The number of hydrogen-bond acceptors (Lipinski definition) is 3. The number of nitrogens with one attached hydrogen (secondary N) is 3. The lowest BCUT2D eigenvalue weighted by atomic mass is 9.89. The summed E-state index contributed by atoms with van der Waals surface area (Å²) in [5.74, 6) is 0.0750. The summed E-state index contributed by atoms with van der Waals surface area (Å²) in [5, 5.41) is 5.94. The minimum Gasteiger partial charge on any atom is -0.345 e. The molecule has 0 fully saturated rings. The van der Waals surface area contributed by atoms with Crippen LogP contribution in [0.15, 0.2) is 48.5 Å². The first kappa shape index (κ1) is 17.3. The fourth-order valence-corrected chi connectivity index (χ4v) is 3.57. The standard InChI is InChI=1S/C21H22N4O2/c1-12(2)19(20-23-16-9-5-6-10-17(16)24-20)25-21(27)14-11-18(26)22-15-8-4-3-7-13(14)15/h3-10,12,14,19H,11H2,1-2H3,(H,22,26)(H,23,24)(H,25,27)/t14?,19-/m0/s1. The van der Waals surface area contributed by atoms with Gasteiger partial charge >= 0.3 is 0 Å². The van der Waals surface area contributed by atoms with Gasteiger partial charge < -0.3 is 15.6 Å². The van der Waals surface area contributed by atoms with Gasteiger partial charge in [-0.3, -0.25) is 9.59 Å². The maximum Gasteiger partial charge on any atom is 0.228 e. The van der Waals surface area contributed by atoms with Crippen molar-refractivity contribution in [2.24, 2.45) is 5.92 Å². The van der Waals surface area contributed by atoms with Crippen LogP contribution >= 0.6 is 0 Å². The molecule has 3 aromatic rings. The Morgan fingerprint density at radius 2 is 1.89 bits per heavy atom. The molecular weight excluding hydrogens is 340 g/mol. The minimum atomic E-state index is -0.499. The summed E-state index contributed by atoms with van der Waals surface area (Å²) in [5.41, 5.74) is 3.37. The highest BCUT2D eigenvalue weighted by molar-refractivity contribution is 6.01. The molecule has 138 valence electrons. The third kappa shape index (κ3) is 3.30. The van der Waals surface area contributed by atoms with Crippen molar-refractivity contribution >= 4 is 28.5 Å². The quantitative estimate of drug-likeness (QED) is 0.664. The van der Waals surface area contributed by atoms with Crippen LogP contribution in [0.5, 0.6) is 0 Å². The van der Waals surface area contributed by atoms with Gasteiger partial charge in [0.15, 0.2) is 0 Å². The van der Waals surface area contributed by atoms with Crippen LogP contribution in [-0.2, 0) is 9.59 Å². The summed E-state index contributed by atoms with van der Waals surface area (Å²) < 4.78 is 0. The van der Waals surface area contributed by atoms with E-state index in [1.807, 2.05) is 62.4 Å². The highest BCUT2D eigenvalue weighted by atomic mass is 16.2. The molecule has 3 N–H and O–H groups in total. The number of benzene rings is 2. The lowest BCUT2D eigenvalue weighted by Gasteiger charge is -2.28. The van der Waals surface area contributed by atoms with Crippen molar-refractivity contribution in [2.75, 3.05) is 5.32 Å². The van der Waals surface area contributed by atoms with Gasteiger partial charge in [0.1, 0.15) is 5.82 Å². The van der Waals surface area contributed by atoms with Crippen LogP contribution in [0.4, 0.5) is 5.69 Å². The van der Waals surface area contributed by atoms with Crippen molar-refractivity contribution in [3.8, 4) is 0 Å². The molecule has 1 aromatic heterocycles. The minimum absolute atomic E-state index is 0.140. The average molecular weight is 362 g/mol. The first-order chi connectivity index (χ1) is 13.0. The number of aromatic nitrogens is 2. The largest absolute Gasteiger partial charge is 0.345 e. The third-order valence-corrected chi connectivity index (χ3v) is 4.98. The molecule has 0 saturated heterocycles. The van der Waals surface area contributed by atoms with Crippen LogP contribution < -0.4 is 10.6 Å². The molecule has 0 bridgehead atoms. The van der Waals surface area contributed by atoms with Crippen molar-refractivity contribution < 1.29 is 9.59 Å². The predicted octanol–water partition coefficient (Wildman–Crippen LogP) is 3.50. The molecule has 1 aliphatic rings. The number of fused-ring (bicyclic) bond motifs is 2. The molecule has 2 heterocycles. The van der Waals surface area contributed by atoms with Crippen LogP contribution in [0.3, 0.4) is 0 Å². The summed E-state index contributed by atoms with van der Waals surface area (Å²) in [4.78, 5) is 33.1. The van der Waals surface area contributed by atoms with Gasteiger partial charge in [-0.05, 0) is 29.7 Å². The van der Waals surface area contributed by atoms with E-state index in [1.165, 1.54) is 0 Å². The van der Waals surface area contributed by atoms with Crippen molar-refractivity contribution in [1.82, 2.24) is 15.3 Å². The molecule has 0 aliphatic carbocycles. The Hall–Kier alpha value is -3.15. The molecule has 6 heteroatoms. The van der Waals surface area contributed by atoms with Gasteiger partial charge in [-0.15, -0.1) is 0 Å². The van der Waals surface area contributed by atoms with Gasteiger partial charge in [0, 0.05) is 12.1 Å². The highest BCUT2D eigenvalue weighted by Crippen LogP contribution is 2.33. The zero-order valence-corrected chi connectivity index (χ0v) is 15.3. The number of aromatic amines is 1. The molecule has 2 atom stereocenters. The topological polar surface area (TPSA) is 86.9 Å². The molecule has 6 nitrogen and oxygen atoms in total. The average Bonchev–Trinajstić information content (AvgIpc) is 3.08. The van der Waals surface area contributed by atoms with Crippen LogP contribution in [0.1, 0.15) is 43.6 Å². The SMILES string of the molecule is CC(C)[C@H](NC(=O)C1CC(=O)Nc2ccccc21)c1nc2ccccc2[nH]1. The van der Waals surface area contributed by atoms with E-state index in [1.54, 1.807) is 0 Å². The second kappa shape index (κ2) is 6.87. The number of amides is 2. The summed E-state index contributed by atoms with van der Waals surface area (Å²) in [6.45, 7) is 4.08. The zero-order valence-electron chi connectivity index (χ0n) is 15.3. The second-order valence-electron chi connectivity index (χ2n) is 7.26. The van der Waals surface area contributed by atoms with Crippen LogP contribution in [0, 0.1) is 5.92 Å².